The Morgan fingerprint density at radius 2 is 1.45 bits per heavy atom. The second-order valence-electron chi connectivity index (χ2n) is 11.3. The fraction of sp³-hybridized carbons (Fsp3) is 0.412. The van der Waals surface area contributed by atoms with Crippen LogP contribution in [0.4, 0.5) is 27.5 Å². The van der Waals surface area contributed by atoms with Crippen LogP contribution in [0.15, 0.2) is 60.7 Å². The first kappa shape index (κ1) is 31.2. The third kappa shape index (κ3) is 8.00. The molecular weight excluding hydrogens is 556 g/mol. The number of methoxy groups -OCH3 is 1. The Morgan fingerprint density at radius 1 is 0.795 bits per heavy atom. The second kappa shape index (κ2) is 14.9. The Hall–Kier alpha value is -4.28. The number of benzene rings is 3. The lowest BCUT2D eigenvalue weighted by atomic mass is 10.1. The number of carbonyl (C=O) groups is 2. The van der Waals surface area contributed by atoms with E-state index in [0.717, 1.165) is 93.7 Å². The van der Waals surface area contributed by atoms with E-state index in [9.17, 15) is 9.59 Å². The molecule has 0 radical (unpaired) electrons. The van der Waals surface area contributed by atoms with Gasteiger partial charge in [0.25, 0.3) is 5.91 Å². The van der Waals surface area contributed by atoms with Crippen LogP contribution >= 0.6 is 0 Å². The lowest BCUT2D eigenvalue weighted by molar-refractivity contribution is 0.0374. The van der Waals surface area contributed by atoms with Crippen molar-refractivity contribution in [2.24, 2.45) is 0 Å². The number of nitrogens with one attached hydrogen (secondary N) is 3. The van der Waals surface area contributed by atoms with Crippen LogP contribution in [-0.2, 0) is 4.74 Å². The third-order valence-electron chi connectivity index (χ3n) is 8.35. The van der Waals surface area contributed by atoms with Crippen molar-refractivity contribution in [2.45, 2.75) is 20.3 Å². The van der Waals surface area contributed by atoms with E-state index >= 15 is 0 Å². The molecule has 2 saturated heterocycles. The summed E-state index contributed by atoms with van der Waals surface area (Å²) < 4.78 is 11.0. The number of nitrogens with zero attached hydrogens (tertiary/aromatic N) is 3. The fourth-order valence-corrected chi connectivity index (χ4v) is 5.69. The number of urea groups is 1. The van der Waals surface area contributed by atoms with Crippen LogP contribution < -0.4 is 30.5 Å². The first-order valence-electron chi connectivity index (χ1n) is 15.4. The van der Waals surface area contributed by atoms with Gasteiger partial charge in [-0.1, -0.05) is 18.2 Å². The minimum absolute atomic E-state index is 0.146. The molecule has 0 unspecified atom stereocenters. The number of anilines is 4. The number of rotatable bonds is 10. The van der Waals surface area contributed by atoms with E-state index in [4.69, 9.17) is 9.47 Å². The summed E-state index contributed by atoms with van der Waals surface area (Å²) in [6, 6.07) is 19.1. The summed E-state index contributed by atoms with van der Waals surface area (Å²) in [6.45, 7) is 12.0. The summed E-state index contributed by atoms with van der Waals surface area (Å²) in [7, 11) is 1.69. The highest BCUT2D eigenvalue weighted by atomic mass is 16.5. The summed E-state index contributed by atoms with van der Waals surface area (Å²) in [5.74, 6) is 0.708. The van der Waals surface area contributed by atoms with E-state index in [1.807, 2.05) is 62.4 Å². The van der Waals surface area contributed by atoms with Gasteiger partial charge in [-0.2, -0.15) is 0 Å². The highest BCUT2D eigenvalue weighted by molar-refractivity contribution is 6.04. The number of hydrogen-bond donors (Lipinski definition) is 3. The minimum atomic E-state index is -0.358. The monoisotopic (exact) mass is 600 g/mol. The van der Waals surface area contributed by atoms with Crippen LogP contribution in [0, 0.1) is 13.8 Å². The van der Waals surface area contributed by atoms with Crippen molar-refractivity contribution < 1.29 is 19.1 Å². The average Bonchev–Trinajstić information content (AvgIpc) is 3.05. The van der Waals surface area contributed by atoms with Crippen LogP contribution in [0.3, 0.4) is 0 Å². The Kier molecular flexibility index (Phi) is 10.6. The van der Waals surface area contributed by atoms with Crippen molar-refractivity contribution in [3.63, 3.8) is 0 Å². The number of morpholine rings is 1. The molecule has 10 nitrogen and oxygen atoms in total. The predicted octanol–water partition coefficient (Wildman–Crippen LogP) is 4.73. The van der Waals surface area contributed by atoms with E-state index in [1.165, 1.54) is 0 Å². The van der Waals surface area contributed by atoms with Crippen molar-refractivity contribution in [2.75, 3.05) is 93.1 Å². The van der Waals surface area contributed by atoms with E-state index in [-0.39, 0.29) is 11.9 Å². The van der Waals surface area contributed by atoms with Crippen molar-refractivity contribution in [3.8, 4) is 5.75 Å². The van der Waals surface area contributed by atoms with E-state index in [1.54, 1.807) is 13.2 Å². The molecule has 3 aromatic rings. The van der Waals surface area contributed by atoms with Crippen molar-refractivity contribution in [3.05, 3.63) is 77.4 Å². The van der Waals surface area contributed by atoms with Gasteiger partial charge < -0.3 is 35.2 Å². The zero-order valence-corrected chi connectivity index (χ0v) is 26.0. The maximum absolute atomic E-state index is 13.6. The van der Waals surface area contributed by atoms with Gasteiger partial charge in [0.15, 0.2) is 0 Å². The highest BCUT2D eigenvalue weighted by Crippen LogP contribution is 2.31. The Bertz CT molecular complexity index is 1430. The predicted molar refractivity (Wildman–Crippen MR) is 177 cm³/mol. The van der Waals surface area contributed by atoms with Gasteiger partial charge in [0, 0.05) is 62.9 Å². The normalized spacial score (nSPS) is 15.5. The number of ether oxygens (including phenoxy) is 2. The van der Waals surface area contributed by atoms with Gasteiger partial charge in [-0.25, -0.2) is 4.79 Å². The van der Waals surface area contributed by atoms with Crippen LogP contribution in [0.2, 0.25) is 0 Å². The van der Waals surface area contributed by atoms with Gasteiger partial charge in [-0.15, -0.1) is 0 Å². The Morgan fingerprint density at radius 3 is 2.16 bits per heavy atom. The third-order valence-corrected chi connectivity index (χ3v) is 8.35. The van der Waals surface area contributed by atoms with Gasteiger partial charge >= 0.3 is 6.03 Å². The fourth-order valence-electron chi connectivity index (χ4n) is 5.69. The molecule has 0 spiro atoms. The molecule has 44 heavy (non-hydrogen) atoms. The smallest absolute Gasteiger partial charge is 0.323 e. The summed E-state index contributed by atoms with van der Waals surface area (Å²) >= 11 is 0. The summed E-state index contributed by atoms with van der Waals surface area (Å²) in [6.07, 6.45) is 0.856. The van der Waals surface area contributed by atoms with Crippen LogP contribution in [-0.4, -0.2) is 89.5 Å². The average molecular weight is 601 g/mol. The molecule has 0 saturated carbocycles. The molecule has 2 aliphatic heterocycles. The standard InChI is InChI=1S/C34H44N6O4/c1-25-9-10-27(23-26(25)2)36-34(42)37-28-11-12-30(29(24-28)33(41)35-13-6-14-38-19-21-44-22-20-38)39-15-17-40(18-16-39)31-7-4-5-8-32(31)43-3/h4-5,7-12,23-24H,6,13-22H2,1-3H3,(H,35,41)(H2,36,37,42). The largest absolute Gasteiger partial charge is 0.495 e. The molecule has 0 aliphatic carbocycles. The van der Waals surface area contributed by atoms with Gasteiger partial charge in [0.2, 0.25) is 0 Å². The van der Waals surface area contributed by atoms with E-state index in [0.29, 0.717) is 23.5 Å². The van der Waals surface area contributed by atoms with Crippen LogP contribution in [0.5, 0.6) is 5.75 Å². The zero-order valence-electron chi connectivity index (χ0n) is 26.0. The Balaban J connectivity index is 1.27. The zero-order chi connectivity index (χ0) is 30.9. The minimum Gasteiger partial charge on any atom is -0.495 e. The van der Waals surface area contributed by atoms with Gasteiger partial charge in [-0.05, 0) is 80.4 Å². The number of piperazine rings is 1. The highest BCUT2D eigenvalue weighted by Gasteiger charge is 2.24. The van der Waals surface area contributed by atoms with Gasteiger partial charge in [0.1, 0.15) is 5.75 Å². The first-order valence-corrected chi connectivity index (χ1v) is 15.4. The van der Waals surface area contributed by atoms with Gasteiger partial charge in [-0.3, -0.25) is 9.69 Å². The molecule has 10 heteroatoms. The topological polar surface area (TPSA) is 98.4 Å². The Labute approximate surface area is 260 Å². The molecular formula is C34H44N6O4. The second-order valence-corrected chi connectivity index (χ2v) is 11.3. The van der Waals surface area contributed by atoms with E-state index < -0.39 is 0 Å². The molecule has 0 atom stereocenters. The van der Waals surface area contributed by atoms with Crippen molar-refractivity contribution in [1.29, 1.82) is 0 Å². The molecule has 234 valence electrons. The summed E-state index contributed by atoms with van der Waals surface area (Å²) in [4.78, 5) is 33.4. The quantitative estimate of drug-likeness (QED) is 0.290. The maximum Gasteiger partial charge on any atom is 0.323 e. The number of aryl methyl sites for hydroxylation is 2. The first-order chi connectivity index (χ1) is 21.4. The molecule has 5 rings (SSSR count). The molecule has 3 amide bonds. The number of amides is 3. The van der Waals surface area contributed by atoms with Crippen molar-refractivity contribution in [1.82, 2.24) is 10.2 Å². The maximum atomic E-state index is 13.6. The number of para-hydroxylation sites is 2. The molecule has 2 heterocycles. The summed E-state index contributed by atoms with van der Waals surface area (Å²) in [5.41, 5.74) is 6.01. The van der Waals surface area contributed by atoms with E-state index in [2.05, 4.69) is 36.7 Å². The molecule has 3 aromatic carbocycles. The molecule has 0 aromatic heterocycles. The number of hydrogen-bond acceptors (Lipinski definition) is 7. The number of carbonyl (C=O) groups excluding carboxylic acids is 2. The van der Waals surface area contributed by atoms with Crippen LogP contribution in [0.1, 0.15) is 27.9 Å². The molecule has 3 N–H and O–H groups in total. The lowest BCUT2D eigenvalue weighted by Gasteiger charge is -2.38. The molecule has 0 bridgehead atoms. The lowest BCUT2D eigenvalue weighted by Crippen LogP contribution is -2.47. The van der Waals surface area contributed by atoms with Crippen molar-refractivity contribution >= 4 is 34.7 Å². The molecule has 2 aliphatic rings. The summed E-state index contributed by atoms with van der Waals surface area (Å²) in [5, 5.41) is 8.93. The van der Waals surface area contributed by atoms with Gasteiger partial charge in [0.05, 0.1) is 31.6 Å². The van der Waals surface area contributed by atoms with Crippen LogP contribution in [0.25, 0.3) is 0 Å². The molecule has 2 fully saturated rings. The SMILES string of the molecule is COc1ccccc1N1CCN(c2ccc(NC(=O)Nc3ccc(C)c(C)c3)cc2C(=O)NCCCN2CCOCC2)CC1.